The van der Waals surface area contributed by atoms with Gasteiger partial charge < -0.3 is 25.0 Å². The Morgan fingerprint density at radius 2 is 1.71 bits per heavy atom. The minimum Gasteiger partial charge on any atom is -0.497 e. The minimum absolute atomic E-state index is 0.0843. The Labute approximate surface area is 101 Å². The SMILES string of the molecule is COc1ccc(OCCNC(CO)CO)cc1. The Hall–Kier alpha value is -1.30. The van der Waals surface area contributed by atoms with Crippen molar-refractivity contribution in [2.24, 2.45) is 0 Å². The van der Waals surface area contributed by atoms with Crippen LogP contribution < -0.4 is 14.8 Å². The van der Waals surface area contributed by atoms with Gasteiger partial charge in [0.2, 0.25) is 0 Å². The van der Waals surface area contributed by atoms with Gasteiger partial charge in [0, 0.05) is 6.54 Å². The van der Waals surface area contributed by atoms with Gasteiger partial charge in [-0.3, -0.25) is 0 Å². The van der Waals surface area contributed by atoms with Gasteiger partial charge in [0.05, 0.1) is 26.4 Å². The van der Waals surface area contributed by atoms with Crippen LogP contribution in [0.4, 0.5) is 0 Å². The summed E-state index contributed by atoms with van der Waals surface area (Å²) in [6.07, 6.45) is 0. The van der Waals surface area contributed by atoms with Crippen LogP contribution >= 0.6 is 0 Å². The molecule has 3 N–H and O–H groups in total. The molecule has 0 bridgehead atoms. The number of aliphatic hydroxyl groups is 2. The lowest BCUT2D eigenvalue weighted by atomic mass is 10.3. The van der Waals surface area contributed by atoms with Gasteiger partial charge in [-0.1, -0.05) is 0 Å². The Kier molecular flexibility index (Phi) is 6.39. The molecule has 0 saturated carbocycles. The number of aliphatic hydroxyl groups excluding tert-OH is 2. The molecule has 0 fully saturated rings. The van der Waals surface area contributed by atoms with Gasteiger partial charge in [0.15, 0.2) is 0 Å². The fraction of sp³-hybridized carbons (Fsp3) is 0.500. The standard InChI is InChI=1S/C12H19NO4/c1-16-11-2-4-12(5-3-11)17-7-6-13-10(8-14)9-15/h2-5,10,13-15H,6-9H2,1H3. The van der Waals surface area contributed by atoms with E-state index in [1.165, 1.54) is 0 Å². The lowest BCUT2D eigenvalue weighted by molar-refractivity contribution is 0.166. The lowest BCUT2D eigenvalue weighted by Gasteiger charge is -2.13. The molecule has 0 atom stereocenters. The molecule has 0 aromatic heterocycles. The van der Waals surface area contributed by atoms with Crippen LogP contribution in [0.25, 0.3) is 0 Å². The van der Waals surface area contributed by atoms with Crippen molar-refractivity contribution >= 4 is 0 Å². The zero-order valence-corrected chi connectivity index (χ0v) is 9.93. The third-order valence-electron chi connectivity index (χ3n) is 2.30. The number of benzene rings is 1. The van der Waals surface area contributed by atoms with Crippen molar-refractivity contribution in [3.05, 3.63) is 24.3 Å². The summed E-state index contributed by atoms with van der Waals surface area (Å²) in [5.74, 6) is 1.55. The second-order valence-corrected chi connectivity index (χ2v) is 3.54. The van der Waals surface area contributed by atoms with Crippen molar-refractivity contribution in [3.63, 3.8) is 0 Å². The van der Waals surface area contributed by atoms with Crippen LogP contribution in [0.2, 0.25) is 0 Å². The summed E-state index contributed by atoms with van der Waals surface area (Å²) >= 11 is 0. The van der Waals surface area contributed by atoms with Gasteiger partial charge in [0.1, 0.15) is 18.1 Å². The van der Waals surface area contributed by atoms with E-state index in [-0.39, 0.29) is 19.3 Å². The van der Waals surface area contributed by atoms with Gasteiger partial charge in [-0.05, 0) is 24.3 Å². The van der Waals surface area contributed by atoms with Crippen molar-refractivity contribution in [2.75, 3.05) is 33.5 Å². The maximum atomic E-state index is 8.82. The second kappa shape index (κ2) is 7.89. The Morgan fingerprint density at radius 3 is 2.24 bits per heavy atom. The second-order valence-electron chi connectivity index (χ2n) is 3.54. The number of methoxy groups -OCH3 is 1. The van der Waals surface area contributed by atoms with E-state index in [0.717, 1.165) is 11.5 Å². The molecule has 5 nitrogen and oxygen atoms in total. The first-order valence-corrected chi connectivity index (χ1v) is 5.52. The van der Waals surface area contributed by atoms with Gasteiger partial charge in [-0.15, -0.1) is 0 Å². The van der Waals surface area contributed by atoms with E-state index in [9.17, 15) is 0 Å². The van der Waals surface area contributed by atoms with Crippen LogP contribution in [0.5, 0.6) is 11.5 Å². The Morgan fingerprint density at radius 1 is 1.12 bits per heavy atom. The molecule has 0 aliphatic carbocycles. The van der Waals surface area contributed by atoms with Crippen molar-refractivity contribution in [2.45, 2.75) is 6.04 Å². The molecule has 1 aromatic carbocycles. The smallest absolute Gasteiger partial charge is 0.119 e. The molecule has 0 unspecified atom stereocenters. The Bertz CT molecular complexity index is 298. The fourth-order valence-corrected chi connectivity index (χ4v) is 1.29. The van der Waals surface area contributed by atoms with Gasteiger partial charge in [-0.2, -0.15) is 0 Å². The van der Waals surface area contributed by atoms with E-state index in [4.69, 9.17) is 19.7 Å². The zero-order valence-electron chi connectivity index (χ0n) is 9.93. The van der Waals surface area contributed by atoms with E-state index in [0.29, 0.717) is 13.2 Å². The van der Waals surface area contributed by atoms with Crippen LogP contribution in [-0.4, -0.2) is 49.7 Å². The summed E-state index contributed by atoms with van der Waals surface area (Å²) in [4.78, 5) is 0. The maximum Gasteiger partial charge on any atom is 0.119 e. The van der Waals surface area contributed by atoms with Crippen molar-refractivity contribution in [1.82, 2.24) is 5.32 Å². The molecule has 0 amide bonds. The third-order valence-corrected chi connectivity index (χ3v) is 2.30. The molecule has 1 aromatic rings. The molecule has 0 radical (unpaired) electrons. The number of nitrogens with one attached hydrogen (secondary N) is 1. The highest BCUT2D eigenvalue weighted by Crippen LogP contribution is 2.16. The summed E-state index contributed by atoms with van der Waals surface area (Å²) in [6.45, 7) is 0.874. The van der Waals surface area contributed by atoms with Crippen LogP contribution in [0.3, 0.4) is 0 Å². The van der Waals surface area contributed by atoms with E-state index in [2.05, 4.69) is 5.32 Å². The number of hydrogen-bond donors (Lipinski definition) is 3. The highest BCUT2D eigenvalue weighted by atomic mass is 16.5. The first-order valence-electron chi connectivity index (χ1n) is 5.52. The average Bonchev–Trinajstić information content (AvgIpc) is 2.40. The fourth-order valence-electron chi connectivity index (χ4n) is 1.29. The molecule has 96 valence electrons. The predicted molar refractivity (Wildman–Crippen MR) is 64.5 cm³/mol. The lowest BCUT2D eigenvalue weighted by Crippen LogP contribution is -2.38. The first-order chi connectivity index (χ1) is 8.30. The van der Waals surface area contributed by atoms with Gasteiger partial charge in [0.25, 0.3) is 0 Å². The first kappa shape index (κ1) is 13.8. The molecule has 0 heterocycles. The topological polar surface area (TPSA) is 71.0 Å². The van der Waals surface area contributed by atoms with Crippen molar-refractivity contribution in [1.29, 1.82) is 0 Å². The van der Waals surface area contributed by atoms with Gasteiger partial charge in [-0.25, -0.2) is 0 Å². The van der Waals surface area contributed by atoms with Crippen LogP contribution in [0.15, 0.2) is 24.3 Å². The molecular weight excluding hydrogens is 222 g/mol. The third kappa shape index (κ3) is 5.04. The number of rotatable bonds is 8. The molecule has 0 aliphatic rings. The highest BCUT2D eigenvalue weighted by molar-refractivity contribution is 5.31. The largest absolute Gasteiger partial charge is 0.497 e. The van der Waals surface area contributed by atoms with Crippen LogP contribution in [0.1, 0.15) is 0 Å². The summed E-state index contributed by atoms with van der Waals surface area (Å²) in [5.41, 5.74) is 0. The zero-order chi connectivity index (χ0) is 12.5. The number of hydrogen-bond acceptors (Lipinski definition) is 5. The normalized spacial score (nSPS) is 10.6. The molecule has 0 spiro atoms. The maximum absolute atomic E-state index is 8.82. The van der Waals surface area contributed by atoms with E-state index >= 15 is 0 Å². The number of ether oxygens (including phenoxy) is 2. The van der Waals surface area contributed by atoms with Crippen molar-refractivity contribution in [3.8, 4) is 11.5 Å². The summed E-state index contributed by atoms with van der Waals surface area (Å²) < 4.78 is 10.5. The molecule has 17 heavy (non-hydrogen) atoms. The average molecular weight is 241 g/mol. The molecule has 1 rings (SSSR count). The molecule has 5 heteroatoms. The monoisotopic (exact) mass is 241 g/mol. The van der Waals surface area contributed by atoms with Gasteiger partial charge >= 0.3 is 0 Å². The van der Waals surface area contributed by atoms with Crippen molar-refractivity contribution < 1.29 is 19.7 Å². The summed E-state index contributed by atoms with van der Waals surface area (Å²) in [5, 5.41) is 20.6. The predicted octanol–water partition coefficient (Wildman–Crippen LogP) is 0.0168. The van der Waals surface area contributed by atoms with Crippen LogP contribution in [-0.2, 0) is 0 Å². The molecular formula is C12H19NO4. The summed E-state index contributed by atoms with van der Waals surface area (Å²) in [7, 11) is 1.61. The molecule has 0 saturated heterocycles. The van der Waals surface area contributed by atoms with E-state index < -0.39 is 0 Å². The Balaban J connectivity index is 2.21. The quantitative estimate of drug-likeness (QED) is 0.560. The summed E-state index contributed by atoms with van der Waals surface area (Å²) in [6, 6.07) is 7.03. The van der Waals surface area contributed by atoms with Crippen LogP contribution in [0, 0.1) is 0 Å². The van der Waals surface area contributed by atoms with E-state index in [1.54, 1.807) is 7.11 Å². The van der Waals surface area contributed by atoms with E-state index in [1.807, 2.05) is 24.3 Å². The molecule has 0 aliphatic heterocycles. The minimum atomic E-state index is -0.283. The highest BCUT2D eigenvalue weighted by Gasteiger charge is 2.03.